The molecule has 0 atom stereocenters. The van der Waals surface area contributed by atoms with E-state index >= 15 is 0 Å². The van der Waals surface area contributed by atoms with E-state index in [0.717, 1.165) is 12.8 Å². The van der Waals surface area contributed by atoms with Crippen molar-refractivity contribution in [2.75, 3.05) is 13.1 Å². The first-order valence-corrected chi connectivity index (χ1v) is 7.17. The third kappa shape index (κ3) is 2.61. The standard InChI is InChI=1S/C11H12N2O2S2/c14-17(15,13-7-1-2-8-13)11-5-3-10(4-6-11)12-9-16/h3-6H,1-2,7-8H2. The maximum atomic E-state index is 12.2. The van der Waals surface area contributed by atoms with Crippen molar-refractivity contribution in [3.05, 3.63) is 24.3 Å². The second-order valence-electron chi connectivity index (χ2n) is 3.81. The highest BCUT2D eigenvalue weighted by Crippen LogP contribution is 2.22. The minimum Gasteiger partial charge on any atom is -0.207 e. The maximum Gasteiger partial charge on any atom is 0.243 e. The van der Waals surface area contributed by atoms with Crippen LogP contribution in [0.5, 0.6) is 0 Å². The Balaban J connectivity index is 2.30. The summed E-state index contributed by atoms with van der Waals surface area (Å²) in [6, 6.07) is 6.36. The highest BCUT2D eigenvalue weighted by molar-refractivity contribution is 7.89. The summed E-state index contributed by atoms with van der Waals surface area (Å²) in [5.41, 5.74) is 0.611. The van der Waals surface area contributed by atoms with Crippen molar-refractivity contribution >= 4 is 33.1 Å². The van der Waals surface area contributed by atoms with E-state index in [-0.39, 0.29) is 0 Å². The van der Waals surface area contributed by atoms with Gasteiger partial charge in [-0.25, -0.2) is 8.42 Å². The number of aliphatic imine (C=N–C) groups is 1. The largest absolute Gasteiger partial charge is 0.243 e. The molecule has 6 heteroatoms. The fraction of sp³-hybridized carbons (Fsp3) is 0.364. The lowest BCUT2D eigenvalue weighted by molar-refractivity contribution is 0.477. The molecule has 0 unspecified atom stereocenters. The van der Waals surface area contributed by atoms with Crippen LogP contribution in [-0.4, -0.2) is 31.0 Å². The van der Waals surface area contributed by atoms with Gasteiger partial charge in [0.05, 0.1) is 15.7 Å². The van der Waals surface area contributed by atoms with Gasteiger partial charge in [0, 0.05) is 13.1 Å². The van der Waals surface area contributed by atoms with Gasteiger partial charge in [0.15, 0.2) is 0 Å². The van der Waals surface area contributed by atoms with Crippen molar-refractivity contribution in [2.45, 2.75) is 17.7 Å². The van der Waals surface area contributed by atoms with Gasteiger partial charge in [-0.2, -0.15) is 9.30 Å². The summed E-state index contributed by atoms with van der Waals surface area (Å²) in [4.78, 5) is 4.09. The molecule has 1 aliphatic heterocycles. The Morgan fingerprint density at radius 1 is 1.18 bits per heavy atom. The minimum atomic E-state index is -3.33. The van der Waals surface area contributed by atoms with Crippen molar-refractivity contribution in [1.82, 2.24) is 4.31 Å². The number of rotatable bonds is 3. The topological polar surface area (TPSA) is 49.7 Å². The van der Waals surface area contributed by atoms with Crippen molar-refractivity contribution in [2.24, 2.45) is 4.99 Å². The Bertz CT molecular complexity index is 539. The van der Waals surface area contributed by atoms with Gasteiger partial charge in [-0.15, -0.1) is 0 Å². The van der Waals surface area contributed by atoms with Crippen LogP contribution >= 0.6 is 12.2 Å². The molecule has 4 nitrogen and oxygen atoms in total. The molecule has 1 aromatic carbocycles. The van der Waals surface area contributed by atoms with E-state index in [2.05, 4.69) is 22.4 Å². The lowest BCUT2D eigenvalue weighted by atomic mass is 10.3. The van der Waals surface area contributed by atoms with Crippen molar-refractivity contribution < 1.29 is 8.42 Å². The van der Waals surface area contributed by atoms with Crippen LogP contribution in [0.15, 0.2) is 34.2 Å². The molecule has 1 fully saturated rings. The number of hydrogen-bond acceptors (Lipinski definition) is 4. The zero-order chi connectivity index (χ0) is 12.3. The van der Waals surface area contributed by atoms with Gasteiger partial charge >= 0.3 is 0 Å². The van der Waals surface area contributed by atoms with Gasteiger partial charge in [-0.05, 0) is 49.3 Å². The smallest absolute Gasteiger partial charge is 0.207 e. The molecule has 1 aliphatic rings. The predicted molar refractivity (Wildman–Crippen MR) is 69.1 cm³/mol. The molecule has 0 amide bonds. The number of benzene rings is 1. The van der Waals surface area contributed by atoms with E-state index in [1.807, 2.05) is 0 Å². The molecule has 0 radical (unpaired) electrons. The summed E-state index contributed by atoms with van der Waals surface area (Å²) in [7, 11) is -3.33. The van der Waals surface area contributed by atoms with E-state index in [1.165, 1.54) is 4.31 Å². The summed E-state index contributed by atoms with van der Waals surface area (Å²) in [5, 5.41) is 2.25. The van der Waals surface area contributed by atoms with Crippen LogP contribution in [0.3, 0.4) is 0 Å². The summed E-state index contributed by atoms with van der Waals surface area (Å²) in [6.07, 6.45) is 1.87. The molecular weight excluding hydrogens is 256 g/mol. The highest BCUT2D eigenvalue weighted by atomic mass is 32.2. The first kappa shape index (κ1) is 12.4. The molecule has 1 saturated heterocycles. The summed E-state index contributed by atoms with van der Waals surface area (Å²) in [5.74, 6) is 0. The van der Waals surface area contributed by atoms with Crippen molar-refractivity contribution in [3.8, 4) is 0 Å². The molecule has 0 aliphatic carbocycles. The van der Waals surface area contributed by atoms with E-state index in [1.54, 1.807) is 24.3 Å². The average molecular weight is 268 g/mol. The first-order valence-electron chi connectivity index (χ1n) is 5.33. The molecule has 17 heavy (non-hydrogen) atoms. The fourth-order valence-corrected chi connectivity index (χ4v) is 3.45. The Hall–Kier alpha value is -1.07. The first-order chi connectivity index (χ1) is 8.14. The van der Waals surface area contributed by atoms with E-state index < -0.39 is 10.0 Å². The SMILES string of the molecule is O=S(=O)(c1ccc(N=C=S)cc1)N1CCCC1. The van der Waals surface area contributed by atoms with Gasteiger partial charge in [0.25, 0.3) is 0 Å². The van der Waals surface area contributed by atoms with Crippen LogP contribution in [0.25, 0.3) is 0 Å². The van der Waals surface area contributed by atoms with Crippen LogP contribution in [0, 0.1) is 0 Å². The average Bonchev–Trinajstić information content (AvgIpc) is 2.84. The normalized spacial score (nSPS) is 16.7. The van der Waals surface area contributed by atoms with Crippen molar-refractivity contribution in [3.63, 3.8) is 0 Å². The molecule has 0 N–H and O–H groups in total. The van der Waals surface area contributed by atoms with Gasteiger partial charge < -0.3 is 0 Å². The third-order valence-electron chi connectivity index (χ3n) is 2.71. The molecule has 1 aromatic rings. The number of nitrogens with zero attached hydrogens (tertiary/aromatic N) is 2. The summed E-state index contributed by atoms with van der Waals surface area (Å²) < 4.78 is 25.8. The number of thiocarbonyl (C=S) groups is 1. The molecule has 0 saturated carbocycles. The van der Waals surface area contributed by atoms with Crippen molar-refractivity contribution in [1.29, 1.82) is 0 Å². The van der Waals surface area contributed by atoms with Crippen LogP contribution in [0.4, 0.5) is 5.69 Å². The molecule has 1 heterocycles. The van der Waals surface area contributed by atoms with Gasteiger partial charge in [0.1, 0.15) is 0 Å². The molecular formula is C11H12N2O2S2. The van der Waals surface area contributed by atoms with E-state index in [9.17, 15) is 8.42 Å². The lowest BCUT2D eigenvalue weighted by Gasteiger charge is -2.15. The quantitative estimate of drug-likeness (QED) is 0.624. The monoisotopic (exact) mass is 268 g/mol. The number of hydrogen-bond donors (Lipinski definition) is 0. The van der Waals surface area contributed by atoms with Gasteiger partial charge in [-0.3, -0.25) is 0 Å². The molecule has 0 bridgehead atoms. The lowest BCUT2D eigenvalue weighted by Crippen LogP contribution is -2.27. The second-order valence-corrected chi connectivity index (χ2v) is 5.93. The second kappa shape index (κ2) is 5.06. The predicted octanol–water partition coefficient (Wildman–Crippen LogP) is 2.21. The Morgan fingerprint density at radius 2 is 1.76 bits per heavy atom. The Labute approximate surface area is 106 Å². The molecule has 90 valence electrons. The number of isothiocyanates is 1. The van der Waals surface area contributed by atoms with Crippen LogP contribution in [0.1, 0.15) is 12.8 Å². The Morgan fingerprint density at radius 3 is 2.29 bits per heavy atom. The maximum absolute atomic E-state index is 12.2. The van der Waals surface area contributed by atoms with Crippen LogP contribution in [-0.2, 0) is 10.0 Å². The molecule has 0 aromatic heterocycles. The zero-order valence-electron chi connectivity index (χ0n) is 9.17. The Kier molecular flexibility index (Phi) is 3.69. The fourth-order valence-electron chi connectivity index (χ4n) is 1.82. The van der Waals surface area contributed by atoms with E-state index in [0.29, 0.717) is 23.7 Å². The number of sulfonamides is 1. The zero-order valence-corrected chi connectivity index (χ0v) is 10.8. The molecule has 0 spiro atoms. The highest BCUT2D eigenvalue weighted by Gasteiger charge is 2.26. The van der Waals surface area contributed by atoms with E-state index in [4.69, 9.17) is 0 Å². The van der Waals surface area contributed by atoms with Gasteiger partial charge in [0.2, 0.25) is 10.0 Å². The molecule has 2 rings (SSSR count). The third-order valence-corrected chi connectivity index (χ3v) is 4.72. The van der Waals surface area contributed by atoms with Crippen LogP contribution in [0.2, 0.25) is 0 Å². The van der Waals surface area contributed by atoms with Crippen LogP contribution < -0.4 is 0 Å². The van der Waals surface area contributed by atoms with Gasteiger partial charge in [-0.1, -0.05) is 0 Å². The summed E-state index contributed by atoms with van der Waals surface area (Å²) >= 11 is 4.48. The minimum absolute atomic E-state index is 0.308. The summed E-state index contributed by atoms with van der Waals surface area (Å²) in [6.45, 7) is 1.23.